The fourth-order valence-electron chi connectivity index (χ4n) is 2.97. The number of halogens is 2. The number of ether oxygens (including phenoxy) is 1. The van der Waals surface area contributed by atoms with Gasteiger partial charge >= 0.3 is 5.97 Å². The standard InChI is InChI=1S/C18H23Cl2NO2/c1-18(2)14(12-15(19)20)16(18)17(22)23-11-7-3-4-8-13-9-5-6-10-21-13/h5-6,9-10,12,14,16H,3-4,7-8,11H2,1-2H3. The van der Waals surface area contributed by atoms with Crippen LogP contribution in [0.25, 0.3) is 0 Å². The molecule has 0 aliphatic heterocycles. The van der Waals surface area contributed by atoms with Gasteiger partial charge in [0, 0.05) is 11.9 Å². The predicted octanol–water partition coefficient (Wildman–Crippen LogP) is 4.93. The molecule has 0 aromatic carbocycles. The summed E-state index contributed by atoms with van der Waals surface area (Å²) >= 11 is 11.4. The Balaban J connectivity index is 1.61. The molecule has 0 amide bonds. The quantitative estimate of drug-likeness (QED) is 0.490. The summed E-state index contributed by atoms with van der Waals surface area (Å²) in [7, 11) is 0. The highest BCUT2D eigenvalue weighted by Crippen LogP contribution is 2.60. The molecule has 1 aromatic heterocycles. The monoisotopic (exact) mass is 355 g/mol. The summed E-state index contributed by atoms with van der Waals surface area (Å²) in [6.45, 7) is 4.53. The van der Waals surface area contributed by atoms with Crippen molar-refractivity contribution in [2.24, 2.45) is 17.3 Å². The third-order valence-corrected chi connectivity index (χ3v) is 4.77. The molecule has 0 bridgehead atoms. The highest BCUT2D eigenvalue weighted by atomic mass is 35.5. The van der Waals surface area contributed by atoms with Gasteiger partial charge in [0.15, 0.2) is 0 Å². The summed E-state index contributed by atoms with van der Waals surface area (Å²) in [5.74, 6) is -0.205. The normalized spacial score (nSPS) is 21.6. The maximum absolute atomic E-state index is 12.1. The van der Waals surface area contributed by atoms with Crippen LogP contribution in [0.4, 0.5) is 0 Å². The summed E-state index contributed by atoms with van der Waals surface area (Å²) in [5.41, 5.74) is 0.988. The molecular formula is C18H23Cl2NO2. The van der Waals surface area contributed by atoms with Crippen LogP contribution in [0.5, 0.6) is 0 Å². The van der Waals surface area contributed by atoms with Gasteiger partial charge < -0.3 is 4.74 Å². The first-order chi connectivity index (χ1) is 10.9. The number of allylic oxidation sites excluding steroid dienone is 1. The van der Waals surface area contributed by atoms with Crippen molar-refractivity contribution in [2.75, 3.05) is 6.61 Å². The average molecular weight is 356 g/mol. The number of pyridine rings is 1. The van der Waals surface area contributed by atoms with Crippen LogP contribution < -0.4 is 0 Å². The second-order valence-electron chi connectivity index (χ2n) is 6.58. The van der Waals surface area contributed by atoms with Gasteiger partial charge in [-0.15, -0.1) is 0 Å². The molecule has 2 rings (SSSR count). The Labute approximate surface area is 148 Å². The number of rotatable bonds is 8. The molecule has 1 aromatic rings. The van der Waals surface area contributed by atoms with E-state index in [-0.39, 0.29) is 27.7 Å². The lowest BCUT2D eigenvalue weighted by atomic mass is 10.1. The molecule has 5 heteroatoms. The van der Waals surface area contributed by atoms with E-state index in [2.05, 4.69) is 4.98 Å². The van der Waals surface area contributed by atoms with Crippen molar-refractivity contribution in [1.29, 1.82) is 0 Å². The lowest BCUT2D eigenvalue weighted by Crippen LogP contribution is -2.11. The molecule has 1 aliphatic rings. The maximum atomic E-state index is 12.1. The van der Waals surface area contributed by atoms with Crippen LogP contribution in [0.2, 0.25) is 0 Å². The molecule has 1 saturated carbocycles. The van der Waals surface area contributed by atoms with E-state index in [0.717, 1.165) is 31.4 Å². The van der Waals surface area contributed by atoms with E-state index in [4.69, 9.17) is 27.9 Å². The van der Waals surface area contributed by atoms with E-state index >= 15 is 0 Å². The van der Waals surface area contributed by atoms with Crippen molar-refractivity contribution >= 4 is 29.2 Å². The van der Waals surface area contributed by atoms with E-state index in [1.807, 2.05) is 38.2 Å². The molecule has 0 N–H and O–H groups in total. The first-order valence-electron chi connectivity index (χ1n) is 8.02. The number of carbonyl (C=O) groups is 1. The van der Waals surface area contributed by atoms with Crippen LogP contribution >= 0.6 is 23.2 Å². The third kappa shape index (κ3) is 5.22. The molecule has 2 unspecified atom stereocenters. The number of aromatic nitrogens is 1. The lowest BCUT2D eigenvalue weighted by molar-refractivity contribution is -0.146. The number of unbranched alkanes of at least 4 members (excludes halogenated alkanes) is 2. The van der Waals surface area contributed by atoms with Gasteiger partial charge in [-0.1, -0.05) is 43.1 Å². The van der Waals surface area contributed by atoms with Gasteiger partial charge in [-0.2, -0.15) is 0 Å². The molecule has 2 atom stereocenters. The number of carbonyl (C=O) groups excluding carboxylic acids is 1. The SMILES string of the molecule is CC1(C)C(C=C(Cl)Cl)C1C(=O)OCCCCCc1ccccn1. The largest absolute Gasteiger partial charge is 0.465 e. The Morgan fingerprint density at radius 3 is 2.74 bits per heavy atom. The minimum Gasteiger partial charge on any atom is -0.465 e. The van der Waals surface area contributed by atoms with Crippen LogP contribution in [-0.2, 0) is 16.0 Å². The Bertz CT molecular complexity index is 553. The van der Waals surface area contributed by atoms with Crippen LogP contribution in [0.1, 0.15) is 38.8 Å². The Hall–Kier alpha value is -1.06. The highest BCUT2D eigenvalue weighted by molar-refractivity contribution is 6.55. The summed E-state index contributed by atoms with van der Waals surface area (Å²) in [4.78, 5) is 16.4. The minimum atomic E-state index is -0.143. The number of aryl methyl sites for hydroxylation is 1. The van der Waals surface area contributed by atoms with Gasteiger partial charge in [-0.25, -0.2) is 0 Å². The van der Waals surface area contributed by atoms with Crippen LogP contribution in [0, 0.1) is 17.3 Å². The molecule has 23 heavy (non-hydrogen) atoms. The van der Waals surface area contributed by atoms with Gasteiger partial charge in [-0.05, 0) is 55.2 Å². The van der Waals surface area contributed by atoms with Crippen molar-refractivity contribution in [2.45, 2.75) is 39.5 Å². The van der Waals surface area contributed by atoms with E-state index in [0.29, 0.717) is 6.61 Å². The molecule has 0 saturated heterocycles. The smallest absolute Gasteiger partial charge is 0.310 e. The van der Waals surface area contributed by atoms with Crippen molar-refractivity contribution in [3.8, 4) is 0 Å². The minimum absolute atomic E-state index is 0.0733. The average Bonchev–Trinajstić information content (AvgIpc) is 3.03. The first kappa shape index (κ1) is 18.3. The van der Waals surface area contributed by atoms with Crippen LogP contribution in [-0.4, -0.2) is 17.6 Å². The first-order valence-corrected chi connectivity index (χ1v) is 8.78. The van der Waals surface area contributed by atoms with Crippen molar-refractivity contribution in [3.63, 3.8) is 0 Å². The highest BCUT2D eigenvalue weighted by Gasteiger charge is 2.61. The molecule has 0 spiro atoms. The van der Waals surface area contributed by atoms with E-state index in [1.165, 1.54) is 0 Å². The van der Waals surface area contributed by atoms with Crippen LogP contribution in [0.3, 0.4) is 0 Å². The van der Waals surface area contributed by atoms with Gasteiger partial charge in [0.25, 0.3) is 0 Å². The zero-order valence-electron chi connectivity index (χ0n) is 13.6. The van der Waals surface area contributed by atoms with E-state index in [9.17, 15) is 4.79 Å². The van der Waals surface area contributed by atoms with Gasteiger partial charge in [0.2, 0.25) is 0 Å². The second kappa shape index (κ2) is 8.16. The second-order valence-corrected chi connectivity index (χ2v) is 7.59. The van der Waals surface area contributed by atoms with Gasteiger partial charge in [0.1, 0.15) is 4.49 Å². The Kier molecular flexibility index (Phi) is 6.49. The Morgan fingerprint density at radius 1 is 1.30 bits per heavy atom. The fraction of sp³-hybridized carbons (Fsp3) is 0.556. The summed E-state index contributed by atoms with van der Waals surface area (Å²) in [5, 5.41) is 0. The van der Waals surface area contributed by atoms with Crippen molar-refractivity contribution < 1.29 is 9.53 Å². The van der Waals surface area contributed by atoms with Crippen LogP contribution in [0.15, 0.2) is 35.0 Å². The number of nitrogens with zero attached hydrogens (tertiary/aromatic N) is 1. The Morgan fingerprint density at radius 2 is 2.09 bits per heavy atom. The summed E-state index contributed by atoms with van der Waals surface area (Å²) in [6, 6.07) is 5.95. The molecule has 1 heterocycles. The van der Waals surface area contributed by atoms with E-state index in [1.54, 1.807) is 6.08 Å². The fourth-order valence-corrected chi connectivity index (χ4v) is 3.24. The molecule has 1 fully saturated rings. The molecular weight excluding hydrogens is 333 g/mol. The third-order valence-electron chi connectivity index (χ3n) is 4.52. The lowest BCUT2D eigenvalue weighted by Gasteiger charge is -2.06. The van der Waals surface area contributed by atoms with Gasteiger partial charge in [0.05, 0.1) is 12.5 Å². The zero-order chi connectivity index (χ0) is 16.9. The predicted molar refractivity (Wildman–Crippen MR) is 93.3 cm³/mol. The topological polar surface area (TPSA) is 39.2 Å². The number of esters is 1. The summed E-state index contributed by atoms with van der Waals surface area (Å²) < 4.78 is 5.61. The molecule has 3 nitrogen and oxygen atoms in total. The van der Waals surface area contributed by atoms with Gasteiger partial charge in [-0.3, -0.25) is 9.78 Å². The van der Waals surface area contributed by atoms with Crippen molar-refractivity contribution in [1.82, 2.24) is 4.98 Å². The number of hydrogen-bond donors (Lipinski definition) is 0. The zero-order valence-corrected chi connectivity index (χ0v) is 15.1. The van der Waals surface area contributed by atoms with Crippen molar-refractivity contribution in [3.05, 3.63) is 40.7 Å². The molecule has 126 valence electrons. The van der Waals surface area contributed by atoms with E-state index < -0.39 is 0 Å². The molecule has 0 radical (unpaired) electrons. The molecule has 1 aliphatic carbocycles. The summed E-state index contributed by atoms with van der Waals surface area (Å²) in [6.07, 6.45) is 7.47. The maximum Gasteiger partial charge on any atom is 0.310 e. The number of hydrogen-bond acceptors (Lipinski definition) is 3.